The lowest BCUT2D eigenvalue weighted by atomic mass is 9.82. The number of aryl methyl sites for hydroxylation is 1. The minimum absolute atomic E-state index is 0.0673. The summed E-state index contributed by atoms with van der Waals surface area (Å²) in [5.41, 5.74) is -0.559. The molecule has 1 saturated carbocycles. The number of alkyl halides is 6. The van der Waals surface area contributed by atoms with E-state index >= 15 is 13.2 Å². The molecule has 0 amide bonds. The summed E-state index contributed by atoms with van der Waals surface area (Å²) in [7, 11) is 1.50. The van der Waals surface area contributed by atoms with E-state index in [4.69, 9.17) is 11.6 Å². The van der Waals surface area contributed by atoms with Gasteiger partial charge in [0.05, 0.1) is 0 Å². The molecule has 2 aromatic carbocycles. The standard InChI is InChI=1S/C26H28ClF6N.C8H15F/c1-7-15(3)25(29,30)22-11-18(8-9-20(22)17(5)34-6)24(28)13-21(26(31,32)33)19-10-14(2)16(4)23(27)12-19;1-7-3-5-8(2,9)6-4-7/h8-13,15,21,34H,5,7H2,1-4,6H3;7H,3-6H2,1-2H3/b24-13-;. The van der Waals surface area contributed by atoms with Crippen molar-refractivity contribution in [2.45, 2.75) is 97.3 Å². The van der Waals surface area contributed by atoms with Gasteiger partial charge in [0.2, 0.25) is 0 Å². The van der Waals surface area contributed by atoms with Crippen LogP contribution in [0.2, 0.25) is 5.02 Å². The van der Waals surface area contributed by atoms with Crippen LogP contribution in [0.25, 0.3) is 11.5 Å². The number of rotatable bonds is 8. The summed E-state index contributed by atoms with van der Waals surface area (Å²) in [5.74, 6) is -7.26. The van der Waals surface area contributed by atoms with E-state index in [9.17, 15) is 17.6 Å². The van der Waals surface area contributed by atoms with E-state index in [1.54, 1.807) is 27.7 Å². The van der Waals surface area contributed by atoms with Crippen LogP contribution < -0.4 is 5.32 Å². The van der Waals surface area contributed by atoms with Crippen molar-refractivity contribution in [1.82, 2.24) is 5.32 Å². The fourth-order valence-electron chi connectivity index (χ4n) is 4.90. The average Bonchev–Trinajstić information content (AvgIpc) is 2.94. The molecule has 2 unspecified atom stereocenters. The van der Waals surface area contributed by atoms with E-state index in [2.05, 4.69) is 18.8 Å². The maximum Gasteiger partial charge on any atom is 0.399 e. The van der Waals surface area contributed by atoms with Crippen LogP contribution in [0.3, 0.4) is 0 Å². The van der Waals surface area contributed by atoms with Crippen molar-refractivity contribution in [2.75, 3.05) is 7.05 Å². The van der Waals surface area contributed by atoms with Gasteiger partial charge in [0, 0.05) is 40.4 Å². The highest BCUT2D eigenvalue weighted by Gasteiger charge is 2.42. The molecule has 1 nitrogen and oxygen atoms in total. The zero-order chi connectivity index (χ0) is 32.9. The summed E-state index contributed by atoms with van der Waals surface area (Å²) >= 11 is 6.06. The van der Waals surface area contributed by atoms with Crippen LogP contribution in [-0.2, 0) is 5.92 Å². The first-order chi connectivity index (χ1) is 19.7. The third kappa shape index (κ3) is 9.50. The lowest BCUT2D eigenvalue weighted by Crippen LogP contribution is -2.25. The molecule has 1 aliphatic carbocycles. The minimum atomic E-state index is -4.83. The fraction of sp³-hybridized carbons (Fsp3) is 0.529. The molecule has 0 heterocycles. The quantitative estimate of drug-likeness (QED) is 0.285. The highest BCUT2D eigenvalue weighted by Crippen LogP contribution is 2.43. The predicted octanol–water partition coefficient (Wildman–Crippen LogP) is 11.9. The molecule has 1 fully saturated rings. The first-order valence-electron chi connectivity index (χ1n) is 14.5. The highest BCUT2D eigenvalue weighted by molar-refractivity contribution is 6.31. The molecule has 1 aliphatic rings. The molecule has 2 aromatic rings. The van der Waals surface area contributed by atoms with Gasteiger partial charge in [0.15, 0.2) is 0 Å². The summed E-state index contributed by atoms with van der Waals surface area (Å²) in [4.78, 5) is 0. The van der Waals surface area contributed by atoms with E-state index in [-0.39, 0.29) is 33.8 Å². The second kappa shape index (κ2) is 14.5. The van der Waals surface area contributed by atoms with Gasteiger partial charge in [-0.1, -0.05) is 57.2 Å². The van der Waals surface area contributed by atoms with Gasteiger partial charge in [-0.05, 0) is 93.7 Å². The molecule has 0 aromatic heterocycles. The maximum atomic E-state index is 15.2. The molecule has 43 heavy (non-hydrogen) atoms. The Morgan fingerprint density at radius 1 is 1.12 bits per heavy atom. The Hall–Kier alpha value is -2.48. The second-order valence-electron chi connectivity index (χ2n) is 12.0. The molecule has 0 saturated heterocycles. The third-order valence-corrected chi connectivity index (χ3v) is 8.87. The fourth-order valence-corrected chi connectivity index (χ4v) is 5.17. The normalized spacial score (nSPS) is 21.0. The topological polar surface area (TPSA) is 12.0 Å². The van der Waals surface area contributed by atoms with Crippen molar-refractivity contribution in [3.63, 3.8) is 0 Å². The largest absolute Gasteiger partial charge is 0.399 e. The first-order valence-corrected chi connectivity index (χ1v) is 14.9. The highest BCUT2D eigenvalue weighted by atomic mass is 35.5. The second-order valence-corrected chi connectivity index (χ2v) is 12.4. The van der Waals surface area contributed by atoms with E-state index < -0.39 is 41.0 Å². The lowest BCUT2D eigenvalue weighted by molar-refractivity contribution is -0.139. The third-order valence-electron chi connectivity index (χ3n) is 8.48. The van der Waals surface area contributed by atoms with Crippen molar-refractivity contribution >= 4 is 23.1 Å². The summed E-state index contributed by atoms with van der Waals surface area (Å²) in [6.45, 7) is 13.9. The Labute approximate surface area is 256 Å². The zero-order valence-corrected chi connectivity index (χ0v) is 26.7. The van der Waals surface area contributed by atoms with Gasteiger partial charge >= 0.3 is 6.18 Å². The summed E-state index contributed by atoms with van der Waals surface area (Å²) in [6, 6.07) is 5.75. The van der Waals surface area contributed by atoms with Crippen LogP contribution in [-0.4, -0.2) is 18.9 Å². The SMILES string of the molecule is C=C(NC)c1ccc(/C(F)=C/C(c2cc(C)c(C)c(Cl)c2)C(F)(F)F)cc1C(F)(F)C(C)CC.CC1CCC(C)(F)CC1. The van der Waals surface area contributed by atoms with Gasteiger partial charge in [-0.15, -0.1) is 0 Å². The summed E-state index contributed by atoms with van der Waals surface area (Å²) in [5, 5.41) is 2.82. The number of nitrogens with one attached hydrogen (secondary N) is 1. The predicted molar refractivity (Wildman–Crippen MR) is 164 cm³/mol. The Kier molecular flexibility index (Phi) is 12.4. The van der Waals surface area contributed by atoms with Gasteiger partial charge in [-0.2, -0.15) is 13.2 Å². The van der Waals surface area contributed by atoms with Crippen molar-refractivity contribution in [2.24, 2.45) is 11.8 Å². The van der Waals surface area contributed by atoms with Gasteiger partial charge in [0.25, 0.3) is 5.92 Å². The number of allylic oxidation sites excluding steroid dienone is 1. The molecule has 9 heteroatoms. The summed E-state index contributed by atoms with van der Waals surface area (Å²) < 4.78 is 100. The van der Waals surface area contributed by atoms with Crippen LogP contribution in [0, 0.1) is 25.7 Å². The smallest absolute Gasteiger partial charge is 0.388 e. The molecule has 2 atom stereocenters. The van der Waals surface area contributed by atoms with Gasteiger partial charge in [0.1, 0.15) is 17.4 Å². The van der Waals surface area contributed by atoms with Gasteiger partial charge in [-0.25, -0.2) is 17.6 Å². The van der Waals surface area contributed by atoms with Crippen molar-refractivity contribution in [3.05, 3.63) is 81.4 Å². The zero-order valence-electron chi connectivity index (χ0n) is 26.0. The van der Waals surface area contributed by atoms with E-state index in [0.717, 1.165) is 43.7 Å². The molecule has 0 spiro atoms. The average molecular weight is 634 g/mol. The molecular formula is C34H43ClF7N. The molecule has 3 rings (SSSR count). The van der Waals surface area contributed by atoms with Crippen LogP contribution in [0.15, 0.2) is 43.0 Å². The lowest BCUT2D eigenvalue weighted by Gasteiger charge is -2.28. The first kappa shape index (κ1) is 36.7. The molecule has 0 bridgehead atoms. The molecule has 240 valence electrons. The minimum Gasteiger partial charge on any atom is -0.388 e. The van der Waals surface area contributed by atoms with Crippen LogP contribution in [0.1, 0.15) is 99.1 Å². The van der Waals surface area contributed by atoms with Crippen molar-refractivity contribution in [1.29, 1.82) is 0 Å². The monoisotopic (exact) mass is 633 g/mol. The van der Waals surface area contributed by atoms with Crippen molar-refractivity contribution < 1.29 is 30.7 Å². The molecule has 1 N–H and O–H groups in total. The number of hydrogen-bond acceptors (Lipinski definition) is 1. The van der Waals surface area contributed by atoms with E-state index in [1.165, 1.54) is 32.2 Å². The number of hydrogen-bond donors (Lipinski definition) is 1. The molecule has 0 radical (unpaired) electrons. The van der Waals surface area contributed by atoms with Gasteiger partial charge < -0.3 is 5.32 Å². The number of halogens is 8. The summed E-state index contributed by atoms with van der Waals surface area (Å²) in [6.07, 6.45) is -0.591. The Bertz CT molecular complexity index is 1260. The van der Waals surface area contributed by atoms with E-state index in [1.807, 2.05) is 0 Å². The van der Waals surface area contributed by atoms with Gasteiger partial charge in [-0.3, -0.25) is 0 Å². The number of benzene rings is 2. The molecule has 0 aliphatic heterocycles. The van der Waals surface area contributed by atoms with Crippen molar-refractivity contribution in [3.8, 4) is 0 Å². The Balaban J connectivity index is 0.000000609. The molecular weight excluding hydrogens is 591 g/mol. The Morgan fingerprint density at radius 2 is 1.70 bits per heavy atom. The Morgan fingerprint density at radius 3 is 2.16 bits per heavy atom. The van der Waals surface area contributed by atoms with Crippen LogP contribution in [0.5, 0.6) is 0 Å². The van der Waals surface area contributed by atoms with Crippen LogP contribution >= 0.6 is 11.6 Å². The maximum absolute atomic E-state index is 15.2. The van der Waals surface area contributed by atoms with E-state index in [0.29, 0.717) is 17.2 Å². The van der Waals surface area contributed by atoms with Crippen LogP contribution in [0.4, 0.5) is 30.7 Å².